The largest absolute Gasteiger partial charge is 0.494 e. The number of hydrogen-bond donors (Lipinski definition) is 1. The molecule has 0 unspecified atom stereocenters. The average molecular weight is 257 g/mol. The van der Waals surface area contributed by atoms with E-state index in [1.807, 2.05) is 0 Å². The fraction of sp³-hybridized carbons (Fsp3) is 0.200. The van der Waals surface area contributed by atoms with Crippen LogP contribution in [-0.4, -0.2) is 18.5 Å². The van der Waals surface area contributed by atoms with Crippen molar-refractivity contribution in [3.05, 3.63) is 23.8 Å². The zero-order valence-electron chi connectivity index (χ0n) is 9.12. The zero-order chi connectivity index (χ0) is 12.8. The summed E-state index contributed by atoms with van der Waals surface area (Å²) in [4.78, 5) is 3.69. The van der Waals surface area contributed by atoms with Crippen LogP contribution in [-0.2, 0) is 0 Å². The van der Waals surface area contributed by atoms with E-state index in [1.54, 1.807) is 12.4 Å². The predicted molar refractivity (Wildman–Crippen MR) is 62.3 cm³/mol. The molecule has 7 heteroatoms. The number of ether oxygens (including phenoxy) is 1. The van der Waals surface area contributed by atoms with E-state index in [0.717, 1.165) is 17.8 Å². The highest BCUT2D eigenvalue weighted by molar-refractivity contribution is 8.13. The Balaban J connectivity index is 3.26. The molecular formula is C10H9F2N3OS. The van der Waals surface area contributed by atoms with Crippen LogP contribution in [0.3, 0.4) is 0 Å². The topological polar surface area (TPSA) is 57.4 Å². The number of nitriles is 1. The molecule has 0 aliphatic carbocycles. The van der Waals surface area contributed by atoms with Crippen LogP contribution in [0.25, 0.3) is 0 Å². The minimum Gasteiger partial charge on any atom is -0.494 e. The molecule has 0 heterocycles. The first-order valence-electron chi connectivity index (χ1n) is 4.43. The first-order chi connectivity index (χ1) is 8.13. The van der Waals surface area contributed by atoms with Crippen molar-refractivity contribution < 1.29 is 13.5 Å². The Morgan fingerprint density at radius 1 is 1.53 bits per heavy atom. The maximum atomic E-state index is 13.7. The number of aliphatic imine (C=N–C) groups is 1. The smallest absolute Gasteiger partial charge is 0.193 e. The van der Waals surface area contributed by atoms with Gasteiger partial charge in [-0.3, -0.25) is 5.32 Å². The van der Waals surface area contributed by atoms with Gasteiger partial charge in [-0.2, -0.15) is 5.26 Å². The third kappa shape index (κ3) is 3.07. The van der Waals surface area contributed by atoms with Crippen molar-refractivity contribution in [1.82, 2.24) is 5.32 Å². The third-order valence-electron chi connectivity index (χ3n) is 1.82. The Hall–Kier alpha value is -1.81. The van der Waals surface area contributed by atoms with Crippen molar-refractivity contribution in [1.29, 1.82) is 5.26 Å². The number of hydrogen-bond acceptors (Lipinski definition) is 4. The van der Waals surface area contributed by atoms with Gasteiger partial charge in [0.2, 0.25) is 0 Å². The highest BCUT2D eigenvalue weighted by Gasteiger charge is 2.14. The molecule has 0 saturated heterocycles. The van der Waals surface area contributed by atoms with E-state index in [0.29, 0.717) is 0 Å². The van der Waals surface area contributed by atoms with E-state index in [1.165, 1.54) is 13.2 Å². The Labute approximate surface area is 101 Å². The van der Waals surface area contributed by atoms with Gasteiger partial charge in [0.15, 0.2) is 28.7 Å². The van der Waals surface area contributed by atoms with Gasteiger partial charge < -0.3 is 4.74 Å². The Morgan fingerprint density at radius 3 is 2.76 bits per heavy atom. The van der Waals surface area contributed by atoms with Crippen molar-refractivity contribution in [3.8, 4) is 11.9 Å². The lowest BCUT2D eigenvalue weighted by molar-refractivity contribution is 0.385. The van der Waals surface area contributed by atoms with Gasteiger partial charge in [-0.15, -0.1) is 0 Å². The van der Waals surface area contributed by atoms with Gasteiger partial charge >= 0.3 is 0 Å². The van der Waals surface area contributed by atoms with Gasteiger partial charge in [0.05, 0.1) is 7.11 Å². The minimum atomic E-state index is -0.904. The first kappa shape index (κ1) is 13.3. The van der Waals surface area contributed by atoms with Crippen molar-refractivity contribution in [2.45, 2.75) is 0 Å². The quantitative estimate of drug-likeness (QED) is 0.382. The summed E-state index contributed by atoms with van der Waals surface area (Å²) in [5.74, 6) is -1.84. The highest BCUT2D eigenvalue weighted by Crippen LogP contribution is 2.30. The average Bonchev–Trinajstić information content (AvgIpc) is 2.33. The lowest BCUT2D eigenvalue weighted by Crippen LogP contribution is -2.12. The molecule has 1 N–H and O–H groups in total. The van der Waals surface area contributed by atoms with Crippen LogP contribution in [0.15, 0.2) is 17.1 Å². The summed E-state index contributed by atoms with van der Waals surface area (Å²) >= 11 is 1.06. The van der Waals surface area contributed by atoms with Gasteiger partial charge in [0, 0.05) is 0 Å². The first-order valence-corrected chi connectivity index (χ1v) is 5.66. The molecule has 0 amide bonds. The van der Waals surface area contributed by atoms with Gasteiger partial charge in [0.25, 0.3) is 0 Å². The molecule has 0 fully saturated rings. The molecule has 0 aliphatic heterocycles. The maximum absolute atomic E-state index is 13.7. The summed E-state index contributed by atoms with van der Waals surface area (Å²) in [5, 5.41) is 10.7. The summed E-state index contributed by atoms with van der Waals surface area (Å²) in [7, 11) is 1.27. The summed E-state index contributed by atoms with van der Waals surface area (Å²) in [6.45, 7) is 0. The van der Waals surface area contributed by atoms with E-state index < -0.39 is 17.3 Å². The Morgan fingerprint density at radius 2 is 2.24 bits per heavy atom. The van der Waals surface area contributed by atoms with Crippen LogP contribution >= 0.6 is 11.8 Å². The van der Waals surface area contributed by atoms with Crippen molar-refractivity contribution in [3.63, 3.8) is 0 Å². The minimum absolute atomic E-state index is 0.0959. The number of amidine groups is 1. The number of benzene rings is 1. The number of methoxy groups -OCH3 is 1. The van der Waals surface area contributed by atoms with Gasteiger partial charge in [-0.1, -0.05) is 11.8 Å². The van der Waals surface area contributed by atoms with E-state index in [2.05, 4.69) is 10.3 Å². The Bertz CT molecular complexity index is 485. The molecular weight excluding hydrogens is 248 g/mol. The number of nitrogens with zero attached hydrogens (tertiary/aromatic N) is 2. The predicted octanol–water partition coefficient (Wildman–Crippen LogP) is 2.39. The number of rotatable bonds is 2. The summed E-state index contributed by atoms with van der Waals surface area (Å²) in [6, 6.07) is 2.21. The molecule has 0 aliphatic rings. The van der Waals surface area contributed by atoms with Crippen LogP contribution in [0.4, 0.5) is 14.5 Å². The fourth-order valence-electron chi connectivity index (χ4n) is 1.06. The molecule has 1 aromatic carbocycles. The van der Waals surface area contributed by atoms with Crippen molar-refractivity contribution in [2.75, 3.05) is 13.4 Å². The van der Waals surface area contributed by atoms with Gasteiger partial charge in [-0.25, -0.2) is 13.8 Å². The molecule has 0 radical (unpaired) electrons. The van der Waals surface area contributed by atoms with Crippen LogP contribution in [0.1, 0.15) is 0 Å². The molecule has 17 heavy (non-hydrogen) atoms. The number of nitrogens with one attached hydrogen (secondary N) is 1. The molecule has 1 rings (SSSR count). The van der Waals surface area contributed by atoms with E-state index in [4.69, 9.17) is 10.00 Å². The lowest BCUT2D eigenvalue weighted by Gasteiger charge is -2.06. The number of thioether (sulfide) groups is 1. The Kier molecular flexibility index (Phi) is 4.72. The van der Waals surface area contributed by atoms with Crippen LogP contribution < -0.4 is 10.1 Å². The van der Waals surface area contributed by atoms with Crippen LogP contribution in [0, 0.1) is 23.1 Å². The molecule has 0 atom stereocenters. The SMILES string of the molecule is COc1ccc(F)c(N=C(NC#N)SC)c1F. The van der Waals surface area contributed by atoms with Gasteiger partial charge in [0.1, 0.15) is 5.69 Å². The zero-order valence-corrected chi connectivity index (χ0v) is 9.94. The molecule has 0 saturated carbocycles. The normalized spacial score (nSPS) is 10.9. The van der Waals surface area contributed by atoms with Crippen LogP contribution in [0.2, 0.25) is 0 Å². The second-order valence-electron chi connectivity index (χ2n) is 2.77. The molecule has 4 nitrogen and oxygen atoms in total. The molecule has 0 aromatic heterocycles. The van der Waals surface area contributed by atoms with E-state index >= 15 is 0 Å². The number of halogens is 2. The van der Waals surface area contributed by atoms with E-state index in [-0.39, 0.29) is 10.9 Å². The highest BCUT2D eigenvalue weighted by atomic mass is 32.2. The summed E-state index contributed by atoms with van der Waals surface area (Å²) in [5.41, 5.74) is -0.489. The molecule has 0 spiro atoms. The summed E-state index contributed by atoms with van der Waals surface area (Å²) < 4.78 is 31.8. The molecule has 1 aromatic rings. The molecule has 0 bridgehead atoms. The fourth-order valence-corrected chi connectivity index (χ4v) is 1.39. The molecule has 90 valence electrons. The van der Waals surface area contributed by atoms with E-state index in [9.17, 15) is 8.78 Å². The third-order valence-corrected chi connectivity index (χ3v) is 2.40. The lowest BCUT2D eigenvalue weighted by atomic mass is 10.3. The van der Waals surface area contributed by atoms with Crippen LogP contribution in [0.5, 0.6) is 5.75 Å². The second-order valence-corrected chi connectivity index (χ2v) is 3.57. The van der Waals surface area contributed by atoms with Crippen molar-refractivity contribution >= 4 is 22.6 Å². The maximum Gasteiger partial charge on any atom is 0.193 e. The standard InChI is InChI=1S/C10H9F2N3OS/c1-16-7-4-3-6(11)9(8(7)12)15-10(17-2)14-5-13/h3-4H,1-2H3,(H,14,15). The second kappa shape index (κ2) is 6.06. The van der Waals surface area contributed by atoms with Gasteiger partial charge in [-0.05, 0) is 18.4 Å². The summed E-state index contributed by atoms with van der Waals surface area (Å²) in [6.07, 6.45) is 3.25. The van der Waals surface area contributed by atoms with Crippen molar-refractivity contribution in [2.24, 2.45) is 4.99 Å². The monoisotopic (exact) mass is 257 g/mol.